The molecule has 0 atom stereocenters. The quantitative estimate of drug-likeness (QED) is 0.543. The van der Waals surface area contributed by atoms with Crippen LogP contribution in [0.25, 0.3) is 22.2 Å². The second-order valence-electron chi connectivity index (χ2n) is 6.54. The second kappa shape index (κ2) is 7.15. The van der Waals surface area contributed by atoms with Gasteiger partial charge in [-0.3, -0.25) is 9.97 Å². The van der Waals surface area contributed by atoms with Crippen LogP contribution in [0, 0.1) is 0 Å². The summed E-state index contributed by atoms with van der Waals surface area (Å²) in [5.41, 5.74) is 2.81. The first-order valence-electron chi connectivity index (χ1n) is 9.16. The van der Waals surface area contributed by atoms with Gasteiger partial charge in [0.2, 0.25) is 5.95 Å². The molecular formula is C20H18N8. The fraction of sp³-hybridized carbons (Fsp3) is 0.200. The Morgan fingerprint density at radius 3 is 2.36 bits per heavy atom. The van der Waals surface area contributed by atoms with Crippen molar-refractivity contribution >= 4 is 22.7 Å². The summed E-state index contributed by atoms with van der Waals surface area (Å²) >= 11 is 0. The van der Waals surface area contributed by atoms with Crippen molar-refractivity contribution in [2.75, 3.05) is 36.0 Å². The Morgan fingerprint density at radius 1 is 0.714 bits per heavy atom. The summed E-state index contributed by atoms with van der Waals surface area (Å²) in [6, 6.07) is 7.81. The van der Waals surface area contributed by atoms with Crippen molar-refractivity contribution in [3.63, 3.8) is 0 Å². The minimum Gasteiger partial charge on any atom is -0.352 e. The first-order valence-corrected chi connectivity index (χ1v) is 9.16. The van der Waals surface area contributed by atoms with Gasteiger partial charge in [0.15, 0.2) is 0 Å². The molecule has 0 aromatic carbocycles. The highest BCUT2D eigenvalue weighted by atomic mass is 15.3. The van der Waals surface area contributed by atoms with E-state index in [1.54, 1.807) is 31.1 Å². The van der Waals surface area contributed by atoms with Gasteiger partial charge < -0.3 is 9.80 Å². The van der Waals surface area contributed by atoms with Gasteiger partial charge in [-0.05, 0) is 24.3 Å². The van der Waals surface area contributed by atoms with E-state index in [4.69, 9.17) is 4.98 Å². The molecule has 0 aliphatic carbocycles. The van der Waals surface area contributed by atoms with Gasteiger partial charge in [-0.25, -0.2) is 19.9 Å². The molecule has 5 rings (SSSR count). The molecule has 4 aromatic rings. The number of aromatic nitrogens is 6. The third-order valence-electron chi connectivity index (χ3n) is 4.90. The standard InChI is InChI=1S/C20H18N8/c1-5-21-6-2-15(1)17-4-8-23-20(26-17)28-11-9-27(10-12-28)19-16-3-7-22-13-18(16)24-14-25-19/h1-8,13-14H,9-12H2. The lowest BCUT2D eigenvalue weighted by atomic mass is 10.2. The Labute approximate surface area is 162 Å². The number of nitrogens with zero attached hydrogens (tertiary/aromatic N) is 8. The maximum Gasteiger partial charge on any atom is 0.225 e. The molecule has 0 unspecified atom stereocenters. The van der Waals surface area contributed by atoms with Gasteiger partial charge in [-0.1, -0.05) is 0 Å². The zero-order valence-corrected chi connectivity index (χ0v) is 15.2. The summed E-state index contributed by atoms with van der Waals surface area (Å²) in [5, 5.41) is 1.03. The van der Waals surface area contributed by atoms with Crippen LogP contribution < -0.4 is 9.80 Å². The third kappa shape index (κ3) is 3.09. The zero-order chi connectivity index (χ0) is 18.8. The van der Waals surface area contributed by atoms with E-state index < -0.39 is 0 Å². The Hall–Kier alpha value is -3.68. The largest absolute Gasteiger partial charge is 0.352 e. The summed E-state index contributed by atoms with van der Waals surface area (Å²) < 4.78 is 0. The lowest BCUT2D eigenvalue weighted by Crippen LogP contribution is -2.47. The van der Waals surface area contributed by atoms with Crippen LogP contribution in [0.2, 0.25) is 0 Å². The van der Waals surface area contributed by atoms with E-state index in [0.29, 0.717) is 0 Å². The zero-order valence-electron chi connectivity index (χ0n) is 15.2. The van der Waals surface area contributed by atoms with E-state index in [1.165, 1.54) is 0 Å². The van der Waals surface area contributed by atoms with Crippen LogP contribution in [0.1, 0.15) is 0 Å². The Kier molecular flexibility index (Phi) is 4.21. The molecule has 1 aliphatic heterocycles. The SMILES string of the molecule is c1cc(-c2ccnc(N3CCN(c4ncnc5cnccc45)CC3)n2)ccn1. The normalized spacial score (nSPS) is 14.4. The van der Waals surface area contributed by atoms with Crippen molar-refractivity contribution in [1.82, 2.24) is 29.9 Å². The number of pyridine rings is 2. The predicted octanol–water partition coefficient (Wildman–Crippen LogP) is 2.20. The first kappa shape index (κ1) is 16.5. The fourth-order valence-corrected chi connectivity index (χ4v) is 3.45. The smallest absolute Gasteiger partial charge is 0.225 e. The van der Waals surface area contributed by atoms with E-state index in [1.807, 2.05) is 30.5 Å². The summed E-state index contributed by atoms with van der Waals surface area (Å²) in [4.78, 5) is 30.8. The maximum atomic E-state index is 4.75. The number of rotatable bonds is 3. The molecule has 0 saturated carbocycles. The average molecular weight is 370 g/mol. The first-order chi connectivity index (χ1) is 13.9. The summed E-state index contributed by atoms with van der Waals surface area (Å²) in [7, 11) is 0. The molecule has 1 aliphatic rings. The van der Waals surface area contributed by atoms with Gasteiger partial charge in [-0.2, -0.15) is 0 Å². The van der Waals surface area contributed by atoms with Crippen LogP contribution in [0.5, 0.6) is 0 Å². The molecule has 138 valence electrons. The number of anilines is 2. The minimum atomic E-state index is 0.755. The van der Waals surface area contributed by atoms with Gasteiger partial charge >= 0.3 is 0 Å². The summed E-state index contributed by atoms with van der Waals surface area (Å²) in [6.45, 7) is 3.35. The van der Waals surface area contributed by atoms with E-state index in [-0.39, 0.29) is 0 Å². The van der Waals surface area contributed by atoms with Crippen LogP contribution in [0.4, 0.5) is 11.8 Å². The molecule has 0 bridgehead atoms. The van der Waals surface area contributed by atoms with Gasteiger partial charge in [0.05, 0.1) is 17.4 Å². The second-order valence-corrected chi connectivity index (χ2v) is 6.54. The fourth-order valence-electron chi connectivity index (χ4n) is 3.45. The van der Waals surface area contributed by atoms with Crippen LogP contribution in [-0.2, 0) is 0 Å². The molecule has 4 aromatic heterocycles. The van der Waals surface area contributed by atoms with Crippen molar-refractivity contribution in [2.45, 2.75) is 0 Å². The molecule has 0 N–H and O–H groups in total. The van der Waals surface area contributed by atoms with Gasteiger partial charge in [-0.15, -0.1) is 0 Å². The minimum absolute atomic E-state index is 0.755. The molecule has 8 heteroatoms. The Balaban J connectivity index is 1.35. The predicted molar refractivity (Wildman–Crippen MR) is 107 cm³/mol. The highest BCUT2D eigenvalue weighted by molar-refractivity contribution is 5.88. The van der Waals surface area contributed by atoms with E-state index in [2.05, 4.69) is 34.7 Å². The van der Waals surface area contributed by atoms with E-state index >= 15 is 0 Å². The molecule has 0 amide bonds. The molecule has 5 heterocycles. The van der Waals surface area contributed by atoms with Crippen molar-refractivity contribution in [3.8, 4) is 11.3 Å². The van der Waals surface area contributed by atoms with Crippen LogP contribution >= 0.6 is 0 Å². The van der Waals surface area contributed by atoms with Crippen molar-refractivity contribution in [3.05, 3.63) is 61.6 Å². The average Bonchev–Trinajstić information content (AvgIpc) is 2.79. The monoisotopic (exact) mass is 370 g/mol. The molecule has 1 saturated heterocycles. The van der Waals surface area contributed by atoms with Gasteiger partial charge in [0.1, 0.15) is 12.1 Å². The number of fused-ring (bicyclic) bond motifs is 1. The van der Waals surface area contributed by atoms with Crippen LogP contribution in [-0.4, -0.2) is 56.1 Å². The maximum absolute atomic E-state index is 4.75. The highest BCUT2D eigenvalue weighted by Gasteiger charge is 2.21. The topological polar surface area (TPSA) is 83.8 Å². The molecule has 1 fully saturated rings. The van der Waals surface area contributed by atoms with Crippen molar-refractivity contribution in [2.24, 2.45) is 0 Å². The van der Waals surface area contributed by atoms with Crippen LogP contribution in [0.3, 0.4) is 0 Å². The lowest BCUT2D eigenvalue weighted by molar-refractivity contribution is 0.636. The van der Waals surface area contributed by atoms with Crippen molar-refractivity contribution in [1.29, 1.82) is 0 Å². The Morgan fingerprint density at radius 2 is 1.50 bits per heavy atom. The molecule has 0 spiro atoms. The number of hydrogen-bond acceptors (Lipinski definition) is 8. The molecule has 8 nitrogen and oxygen atoms in total. The van der Waals surface area contributed by atoms with Gasteiger partial charge in [0, 0.05) is 61.9 Å². The van der Waals surface area contributed by atoms with Gasteiger partial charge in [0.25, 0.3) is 0 Å². The Bertz CT molecular complexity index is 1090. The number of hydrogen-bond donors (Lipinski definition) is 0. The molecular weight excluding hydrogens is 352 g/mol. The number of piperazine rings is 1. The summed E-state index contributed by atoms with van der Waals surface area (Å²) in [6.07, 6.45) is 10.5. The molecule has 28 heavy (non-hydrogen) atoms. The van der Waals surface area contributed by atoms with Crippen LogP contribution in [0.15, 0.2) is 61.6 Å². The third-order valence-corrected chi connectivity index (χ3v) is 4.90. The lowest BCUT2D eigenvalue weighted by Gasteiger charge is -2.35. The van der Waals surface area contributed by atoms with E-state index in [9.17, 15) is 0 Å². The van der Waals surface area contributed by atoms with Crippen molar-refractivity contribution < 1.29 is 0 Å². The highest BCUT2D eigenvalue weighted by Crippen LogP contribution is 2.24. The summed E-state index contributed by atoms with van der Waals surface area (Å²) in [5.74, 6) is 1.71. The van der Waals surface area contributed by atoms with E-state index in [0.717, 1.165) is 60.1 Å². The molecule has 0 radical (unpaired) electrons.